The molecule has 1 amide bonds. The van der Waals surface area contributed by atoms with E-state index in [1.807, 2.05) is 54.5 Å². The third-order valence-electron chi connectivity index (χ3n) is 6.14. The maximum atomic E-state index is 13.1. The molecule has 6 nitrogen and oxygen atoms in total. The molecule has 6 heteroatoms. The zero-order chi connectivity index (χ0) is 21.9. The van der Waals surface area contributed by atoms with E-state index in [2.05, 4.69) is 23.2 Å². The maximum Gasteiger partial charge on any atom is 0.278 e. The number of aromatic nitrogens is 3. The number of pyridine rings is 1. The van der Waals surface area contributed by atoms with Gasteiger partial charge in [-0.05, 0) is 29.7 Å². The quantitative estimate of drug-likeness (QED) is 0.500. The van der Waals surface area contributed by atoms with Gasteiger partial charge in [-0.1, -0.05) is 51.1 Å². The number of anilines is 1. The summed E-state index contributed by atoms with van der Waals surface area (Å²) in [5.74, 6) is 0.103. The van der Waals surface area contributed by atoms with Crippen LogP contribution in [0.1, 0.15) is 31.9 Å². The minimum absolute atomic E-state index is 0.103. The molecule has 1 aliphatic rings. The SMILES string of the molecule is Cn1c(=O)c2ncn(Cc3ccccc3)c2c2cc3c(cc21)N(C(=O)C(C)(C)C)CC3. The van der Waals surface area contributed by atoms with Gasteiger partial charge >= 0.3 is 0 Å². The Labute approximate surface area is 180 Å². The van der Waals surface area contributed by atoms with E-state index in [1.165, 1.54) is 0 Å². The van der Waals surface area contributed by atoms with Crippen LogP contribution in [0.2, 0.25) is 0 Å². The Balaban J connectivity index is 1.73. The van der Waals surface area contributed by atoms with E-state index in [0.29, 0.717) is 18.6 Å². The first kappa shape index (κ1) is 19.5. The van der Waals surface area contributed by atoms with Crippen LogP contribution in [0.5, 0.6) is 0 Å². The van der Waals surface area contributed by atoms with Gasteiger partial charge in [-0.3, -0.25) is 9.59 Å². The monoisotopic (exact) mass is 414 g/mol. The molecule has 2 aromatic carbocycles. The molecule has 4 aromatic rings. The number of aryl methyl sites for hydroxylation is 1. The fourth-order valence-corrected chi connectivity index (χ4v) is 4.50. The molecule has 158 valence electrons. The minimum Gasteiger partial charge on any atom is -0.325 e. The molecule has 0 bridgehead atoms. The molecular weight excluding hydrogens is 388 g/mol. The Morgan fingerprint density at radius 1 is 1.13 bits per heavy atom. The summed E-state index contributed by atoms with van der Waals surface area (Å²) in [5, 5.41) is 0.995. The van der Waals surface area contributed by atoms with Gasteiger partial charge in [-0.2, -0.15) is 0 Å². The number of nitrogens with zero attached hydrogens (tertiary/aromatic N) is 4. The summed E-state index contributed by atoms with van der Waals surface area (Å²) in [6.07, 6.45) is 2.56. The summed E-state index contributed by atoms with van der Waals surface area (Å²) >= 11 is 0. The van der Waals surface area contributed by atoms with Crippen molar-refractivity contribution in [2.75, 3.05) is 11.4 Å². The summed E-state index contributed by atoms with van der Waals surface area (Å²) in [5.41, 5.74) is 4.77. The molecule has 0 radical (unpaired) electrons. The zero-order valence-electron chi connectivity index (χ0n) is 18.3. The number of imidazole rings is 1. The van der Waals surface area contributed by atoms with Crippen molar-refractivity contribution in [1.82, 2.24) is 14.1 Å². The Bertz CT molecular complexity index is 1390. The van der Waals surface area contributed by atoms with Crippen LogP contribution in [0.15, 0.2) is 53.6 Å². The van der Waals surface area contributed by atoms with Gasteiger partial charge in [0.1, 0.15) is 0 Å². The van der Waals surface area contributed by atoms with Crippen LogP contribution < -0.4 is 10.5 Å². The third kappa shape index (κ3) is 3.05. The van der Waals surface area contributed by atoms with Crippen molar-refractivity contribution in [1.29, 1.82) is 0 Å². The summed E-state index contributed by atoms with van der Waals surface area (Å²) in [6, 6.07) is 14.3. The molecule has 0 N–H and O–H groups in total. The van der Waals surface area contributed by atoms with Gasteiger partial charge in [0.2, 0.25) is 5.91 Å². The molecule has 3 heterocycles. The molecule has 31 heavy (non-hydrogen) atoms. The molecule has 0 aliphatic carbocycles. The fourth-order valence-electron chi connectivity index (χ4n) is 4.50. The van der Waals surface area contributed by atoms with Crippen molar-refractivity contribution in [3.05, 3.63) is 70.3 Å². The van der Waals surface area contributed by atoms with E-state index in [9.17, 15) is 9.59 Å². The molecule has 0 saturated carbocycles. The van der Waals surface area contributed by atoms with Crippen LogP contribution >= 0.6 is 0 Å². The molecule has 0 spiro atoms. The highest BCUT2D eigenvalue weighted by molar-refractivity contribution is 6.07. The van der Waals surface area contributed by atoms with Gasteiger partial charge in [0.05, 0.1) is 17.4 Å². The van der Waals surface area contributed by atoms with Gasteiger partial charge in [0, 0.05) is 36.6 Å². The van der Waals surface area contributed by atoms with Gasteiger partial charge in [-0.25, -0.2) is 4.98 Å². The topological polar surface area (TPSA) is 60.1 Å². The Kier molecular flexibility index (Phi) is 4.29. The predicted molar refractivity (Wildman–Crippen MR) is 124 cm³/mol. The second kappa shape index (κ2) is 6.80. The van der Waals surface area contributed by atoms with Gasteiger partial charge in [0.15, 0.2) is 5.52 Å². The number of benzene rings is 2. The first-order chi connectivity index (χ1) is 14.8. The lowest BCUT2D eigenvalue weighted by molar-refractivity contribution is -0.125. The van der Waals surface area contributed by atoms with E-state index in [1.54, 1.807) is 17.9 Å². The molecule has 5 rings (SSSR count). The lowest BCUT2D eigenvalue weighted by atomic mass is 9.94. The molecule has 0 unspecified atom stereocenters. The number of hydrogen-bond acceptors (Lipinski definition) is 3. The second-order valence-electron chi connectivity index (χ2n) is 9.37. The Morgan fingerprint density at radius 2 is 1.87 bits per heavy atom. The number of amides is 1. The molecule has 2 aromatic heterocycles. The molecular formula is C25H26N4O2. The molecule has 0 atom stereocenters. The standard InChI is InChI=1S/C25H26N4O2/c1-25(2,3)24(31)29-11-10-17-12-18-20(13-19(17)29)27(4)23(30)21-22(18)28(15-26-21)14-16-8-6-5-7-9-16/h5-9,12-13,15H,10-11,14H2,1-4H3. The van der Waals surface area contributed by atoms with Crippen molar-refractivity contribution in [2.45, 2.75) is 33.7 Å². The van der Waals surface area contributed by atoms with Crippen LogP contribution in [0, 0.1) is 5.41 Å². The molecule has 0 fully saturated rings. The number of fused-ring (bicyclic) bond motifs is 4. The maximum absolute atomic E-state index is 13.1. The zero-order valence-corrected chi connectivity index (χ0v) is 18.3. The fraction of sp³-hybridized carbons (Fsp3) is 0.320. The van der Waals surface area contributed by atoms with Crippen LogP contribution in [0.25, 0.3) is 21.9 Å². The smallest absolute Gasteiger partial charge is 0.278 e. The van der Waals surface area contributed by atoms with Gasteiger partial charge in [-0.15, -0.1) is 0 Å². The first-order valence-corrected chi connectivity index (χ1v) is 10.6. The normalized spacial score (nSPS) is 13.9. The Morgan fingerprint density at radius 3 is 2.58 bits per heavy atom. The van der Waals surface area contributed by atoms with E-state index >= 15 is 0 Å². The summed E-state index contributed by atoms with van der Waals surface area (Å²) in [6.45, 7) is 7.13. The van der Waals surface area contributed by atoms with Crippen LogP contribution in [0.3, 0.4) is 0 Å². The van der Waals surface area contributed by atoms with Gasteiger partial charge in [0.25, 0.3) is 5.56 Å². The third-order valence-corrected chi connectivity index (χ3v) is 6.14. The first-order valence-electron chi connectivity index (χ1n) is 10.6. The summed E-state index contributed by atoms with van der Waals surface area (Å²) in [4.78, 5) is 32.4. The van der Waals surface area contributed by atoms with E-state index in [4.69, 9.17) is 0 Å². The highest BCUT2D eigenvalue weighted by atomic mass is 16.2. The van der Waals surface area contributed by atoms with E-state index < -0.39 is 5.41 Å². The van der Waals surface area contributed by atoms with Crippen LogP contribution in [-0.2, 0) is 24.8 Å². The number of hydrogen-bond donors (Lipinski definition) is 0. The van der Waals surface area contributed by atoms with E-state index in [0.717, 1.165) is 39.7 Å². The van der Waals surface area contributed by atoms with Crippen molar-refractivity contribution in [3.8, 4) is 0 Å². The van der Waals surface area contributed by atoms with Crippen LogP contribution in [0.4, 0.5) is 5.69 Å². The number of carbonyl (C=O) groups is 1. The van der Waals surface area contributed by atoms with Crippen molar-refractivity contribution < 1.29 is 4.79 Å². The average molecular weight is 415 g/mol. The largest absolute Gasteiger partial charge is 0.325 e. The highest BCUT2D eigenvalue weighted by Crippen LogP contribution is 2.36. The van der Waals surface area contributed by atoms with Crippen molar-refractivity contribution in [2.24, 2.45) is 12.5 Å². The summed E-state index contributed by atoms with van der Waals surface area (Å²) in [7, 11) is 1.78. The number of rotatable bonds is 2. The minimum atomic E-state index is -0.458. The summed E-state index contributed by atoms with van der Waals surface area (Å²) < 4.78 is 3.70. The van der Waals surface area contributed by atoms with Crippen LogP contribution in [-0.4, -0.2) is 26.6 Å². The number of carbonyl (C=O) groups excluding carboxylic acids is 1. The average Bonchev–Trinajstić information content (AvgIpc) is 3.34. The van der Waals surface area contributed by atoms with Crippen molar-refractivity contribution in [3.63, 3.8) is 0 Å². The van der Waals surface area contributed by atoms with E-state index in [-0.39, 0.29) is 11.5 Å². The van der Waals surface area contributed by atoms with Gasteiger partial charge < -0.3 is 14.0 Å². The lowest BCUT2D eigenvalue weighted by Gasteiger charge is -2.26. The lowest BCUT2D eigenvalue weighted by Crippen LogP contribution is -2.38. The van der Waals surface area contributed by atoms with Crippen molar-refractivity contribution >= 4 is 33.5 Å². The predicted octanol–water partition coefficient (Wildman–Crippen LogP) is 3.87. The highest BCUT2D eigenvalue weighted by Gasteiger charge is 2.33. The Hall–Kier alpha value is -3.41. The second-order valence-corrected chi connectivity index (χ2v) is 9.37. The molecule has 1 aliphatic heterocycles. The molecule has 0 saturated heterocycles.